The van der Waals surface area contributed by atoms with Gasteiger partial charge < -0.3 is 4.52 Å². The highest BCUT2D eigenvalue weighted by Crippen LogP contribution is 2.44. The standard InChI is InChI=1S/C5H8Cl2NO3PS/c1-5(2-3-13-4-8)9-12(10-6)11-7/h5H,2-3H2,1H3. The third-order valence-corrected chi connectivity index (χ3v) is 3.07. The molecule has 0 saturated carbocycles. The normalized spacial score (nSPS) is 12.8. The van der Waals surface area contributed by atoms with Crippen LogP contribution < -0.4 is 0 Å². The van der Waals surface area contributed by atoms with Crippen LogP contribution in [0, 0.1) is 10.7 Å². The first-order valence-electron chi connectivity index (χ1n) is 3.29. The van der Waals surface area contributed by atoms with Crippen molar-refractivity contribution in [1.82, 2.24) is 0 Å². The van der Waals surface area contributed by atoms with Crippen molar-refractivity contribution in [2.45, 2.75) is 19.4 Å². The first-order valence-corrected chi connectivity index (χ1v) is 5.99. The second kappa shape index (κ2) is 9.29. The van der Waals surface area contributed by atoms with Gasteiger partial charge >= 0.3 is 8.60 Å². The molecular weight excluding hydrogens is 256 g/mol. The molecule has 0 aliphatic carbocycles. The summed E-state index contributed by atoms with van der Waals surface area (Å²) < 4.78 is 13.7. The van der Waals surface area contributed by atoms with E-state index >= 15 is 0 Å². The summed E-state index contributed by atoms with van der Waals surface area (Å²) >= 11 is 11.2. The summed E-state index contributed by atoms with van der Waals surface area (Å²) in [6.45, 7) is 1.82. The number of thiocyanates is 1. The van der Waals surface area contributed by atoms with Crippen molar-refractivity contribution in [2.24, 2.45) is 0 Å². The van der Waals surface area contributed by atoms with Crippen molar-refractivity contribution in [3.8, 4) is 5.40 Å². The van der Waals surface area contributed by atoms with Crippen LogP contribution in [0.5, 0.6) is 0 Å². The van der Waals surface area contributed by atoms with E-state index in [1.165, 1.54) is 0 Å². The minimum Gasteiger partial charge on any atom is -0.307 e. The maximum atomic E-state index is 8.24. The van der Waals surface area contributed by atoms with Gasteiger partial charge in [0.15, 0.2) is 0 Å². The lowest BCUT2D eigenvalue weighted by Crippen LogP contribution is -2.05. The van der Waals surface area contributed by atoms with Gasteiger partial charge in [-0.3, -0.25) is 0 Å². The number of hydrogen-bond donors (Lipinski definition) is 0. The van der Waals surface area contributed by atoms with Gasteiger partial charge in [0.05, 0.1) is 29.8 Å². The molecule has 0 N–H and O–H groups in total. The Morgan fingerprint density at radius 1 is 1.54 bits per heavy atom. The number of rotatable bonds is 7. The summed E-state index contributed by atoms with van der Waals surface area (Å²) in [5.74, 6) is 0.686. The van der Waals surface area contributed by atoms with Gasteiger partial charge in [0, 0.05) is 5.75 Å². The smallest absolute Gasteiger partial charge is 0.307 e. The van der Waals surface area contributed by atoms with Gasteiger partial charge in [-0.25, -0.2) is 0 Å². The number of nitrogens with zero attached hydrogens (tertiary/aromatic N) is 1. The molecule has 0 bridgehead atoms. The fourth-order valence-corrected chi connectivity index (χ4v) is 1.99. The lowest BCUT2D eigenvalue weighted by Gasteiger charge is -2.13. The van der Waals surface area contributed by atoms with Gasteiger partial charge in [0.2, 0.25) is 0 Å². The molecular formula is C5H8Cl2NO3PS. The van der Waals surface area contributed by atoms with E-state index in [1.54, 1.807) is 0 Å². The summed E-state index contributed by atoms with van der Waals surface area (Å²) in [5, 5.41) is 10.2. The average molecular weight is 264 g/mol. The highest BCUT2D eigenvalue weighted by Gasteiger charge is 2.15. The Morgan fingerprint density at radius 2 is 2.15 bits per heavy atom. The highest BCUT2D eigenvalue weighted by atomic mass is 35.5. The molecule has 0 heterocycles. The summed E-state index contributed by atoms with van der Waals surface area (Å²) in [6.07, 6.45) is 0.599. The molecule has 0 aliphatic rings. The van der Waals surface area contributed by atoms with E-state index < -0.39 is 8.60 Å². The maximum absolute atomic E-state index is 8.24. The number of nitriles is 1. The van der Waals surface area contributed by atoms with Gasteiger partial charge in [-0.05, 0) is 25.1 Å². The molecule has 13 heavy (non-hydrogen) atoms. The average Bonchev–Trinajstić information content (AvgIpc) is 2.14. The predicted octanol–water partition coefficient (Wildman–Crippen LogP) is 3.56. The molecule has 0 saturated heterocycles. The van der Waals surface area contributed by atoms with Crippen molar-refractivity contribution < 1.29 is 12.7 Å². The van der Waals surface area contributed by atoms with Crippen LogP contribution in [0.4, 0.5) is 0 Å². The molecule has 4 nitrogen and oxygen atoms in total. The van der Waals surface area contributed by atoms with E-state index in [0.29, 0.717) is 12.2 Å². The first-order chi connectivity index (χ1) is 6.24. The van der Waals surface area contributed by atoms with Crippen LogP contribution in [-0.4, -0.2) is 11.9 Å². The molecule has 0 radical (unpaired) electrons. The molecule has 1 unspecified atom stereocenters. The quantitative estimate of drug-likeness (QED) is 0.399. The third-order valence-electron chi connectivity index (χ3n) is 1.07. The number of hydrogen-bond acceptors (Lipinski definition) is 5. The number of halogens is 2. The van der Waals surface area contributed by atoms with E-state index in [-0.39, 0.29) is 6.10 Å². The van der Waals surface area contributed by atoms with Crippen LogP contribution in [0.3, 0.4) is 0 Å². The van der Waals surface area contributed by atoms with Crippen LogP contribution >= 0.6 is 44.1 Å². The van der Waals surface area contributed by atoms with Crippen molar-refractivity contribution >= 4 is 44.1 Å². The van der Waals surface area contributed by atoms with E-state index in [2.05, 4.69) is 8.15 Å². The van der Waals surface area contributed by atoms with Crippen molar-refractivity contribution in [1.29, 1.82) is 5.26 Å². The SMILES string of the molecule is CC(CCSC#N)OP(OCl)OCl. The van der Waals surface area contributed by atoms with Crippen molar-refractivity contribution in [2.75, 3.05) is 5.75 Å². The highest BCUT2D eigenvalue weighted by molar-refractivity contribution is 8.03. The monoisotopic (exact) mass is 263 g/mol. The van der Waals surface area contributed by atoms with Gasteiger partial charge in [0.25, 0.3) is 0 Å². The van der Waals surface area contributed by atoms with Crippen LogP contribution in [0.1, 0.15) is 13.3 Å². The van der Waals surface area contributed by atoms with Crippen LogP contribution in [-0.2, 0) is 12.7 Å². The molecule has 76 valence electrons. The minimum atomic E-state index is -1.68. The third kappa shape index (κ3) is 7.77. The minimum absolute atomic E-state index is 0.107. The van der Waals surface area contributed by atoms with Crippen LogP contribution in [0.25, 0.3) is 0 Å². The summed E-state index contributed by atoms with van der Waals surface area (Å²) in [4.78, 5) is 0. The lowest BCUT2D eigenvalue weighted by atomic mass is 10.3. The Bertz CT molecular complexity index is 166. The summed E-state index contributed by atoms with van der Waals surface area (Å²) in [7, 11) is -1.68. The fourth-order valence-electron chi connectivity index (χ4n) is 0.513. The van der Waals surface area contributed by atoms with Gasteiger partial charge in [-0.2, -0.15) is 13.4 Å². The molecule has 0 rings (SSSR count). The second-order valence-corrected chi connectivity index (χ2v) is 4.65. The molecule has 0 spiro atoms. The van der Waals surface area contributed by atoms with Gasteiger partial charge in [-0.15, -0.1) is 0 Å². The van der Waals surface area contributed by atoms with Crippen LogP contribution in [0.2, 0.25) is 0 Å². The second-order valence-electron chi connectivity index (χ2n) is 2.01. The Morgan fingerprint density at radius 3 is 2.62 bits per heavy atom. The zero-order chi connectivity index (χ0) is 10.1. The zero-order valence-corrected chi connectivity index (χ0v) is 10.00. The van der Waals surface area contributed by atoms with Gasteiger partial charge in [0.1, 0.15) is 5.40 Å². The van der Waals surface area contributed by atoms with Crippen LogP contribution in [0.15, 0.2) is 0 Å². The van der Waals surface area contributed by atoms with Crippen molar-refractivity contribution in [3.05, 3.63) is 0 Å². The molecule has 0 fully saturated rings. The van der Waals surface area contributed by atoms with Crippen molar-refractivity contribution in [3.63, 3.8) is 0 Å². The Hall–Kier alpha value is 0.730. The topological polar surface area (TPSA) is 51.5 Å². The lowest BCUT2D eigenvalue weighted by molar-refractivity contribution is 0.196. The predicted molar refractivity (Wildman–Crippen MR) is 54.0 cm³/mol. The largest absolute Gasteiger partial charge is 0.368 e. The van der Waals surface area contributed by atoms with Gasteiger partial charge in [-0.1, -0.05) is 0 Å². The van der Waals surface area contributed by atoms with E-state index in [4.69, 9.17) is 33.5 Å². The Labute approximate surface area is 92.8 Å². The molecule has 0 aromatic carbocycles. The van der Waals surface area contributed by atoms with E-state index in [1.807, 2.05) is 12.3 Å². The summed E-state index contributed by atoms with van der Waals surface area (Å²) in [5.41, 5.74) is 0. The molecule has 1 atom stereocenters. The summed E-state index contributed by atoms with van der Waals surface area (Å²) in [6, 6.07) is 0. The van der Waals surface area contributed by atoms with E-state index in [9.17, 15) is 0 Å². The molecule has 8 heteroatoms. The fraction of sp³-hybridized carbons (Fsp3) is 0.800. The molecule has 0 aromatic heterocycles. The zero-order valence-electron chi connectivity index (χ0n) is 6.77. The number of thioether (sulfide) groups is 1. The first kappa shape index (κ1) is 13.7. The Balaban J connectivity index is 3.48. The maximum Gasteiger partial charge on any atom is 0.368 e. The molecule has 0 aromatic rings. The Kier molecular flexibility index (Phi) is 9.81. The molecule has 0 aliphatic heterocycles. The molecule has 0 amide bonds. The van der Waals surface area contributed by atoms with E-state index in [0.717, 1.165) is 11.8 Å².